The number of carbonyl (C=O) groups is 1. The van der Waals surface area contributed by atoms with E-state index in [1.807, 2.05) is 0 Å². The number of nitrogens with two attached hydrogens (primary N) is 1. The number of amides is 1. The van der Waals surface area contributed by atoms with Gasteiger partial charge in [-0.1, -0.05) is 6.92 Å². The third-order valence-electron chi connectivity index (χ3n) is 3.58. The second-order valence-corrected chi connectivity index (χ2v) is 6.53. The second kappa shape index (κ2) is 5.71. The van der Waals surface area contributed by atoms with Crippen LogP contribution in [0.15, 0.2) is 0 Å². The fraction of sp³-hybridized carbons (Fsp3) is 0.571. The van der Waals surface area contributed by atoms with Crippen LogP contribution in [0.3, 0.4) is 0 Å². The molecule has 1 amide bonds. The average molecular weight is 292 g/mol. The Labute approximate surface area is 123 Å². The SMILES string of the molecule is CC1CCCN(c2sc(C(=O)N(C)C)c(N)c2C#N)C1. The Morgan fingerprint density at radius 2 is 2.25 bits per heavy atom. The Hall–Kier alpha value is -1.74. The second-order valence-electron chi connectivity index (χ2n) is 5.53. The fourth-order valence-electron chi connectivity index (χ4n) is 2.50. The van der Waals surface area contributed by atoms with E-state index in [2.05, 4.69) is 17.9 Å². The van der Waals surface area contributed by atoms with Crippen LogP contribution in [0, 0.1) is 17.2 Å². The number of hydrogen-bond donors (Lipinski definition) is 1. The summed E-state index contributed by atoms with van der Waals surface area (Å²) in [7, 11) is 3.38. The lowest BCUT2D eigenvalue weighted by molar-refractivity contribution is 0.0833. The van der Waals surface area contributed by atoms with Crippen LogP contribution in [0.4, 0.5) is 10.7 Å². The van der Waals surface area contributed by atoms with E-state index in [-0.39, 0.29) is 5.91 Å². The van der Waals surface area contributed by atoms with Crippen molar-refractivity contribution in [2.45, 2.75) is 19.8 Å². The van der Waals surface area contributed by atoms with Gasteiger partial charge in [0.15, 0.2) is 0 Å². The first-order valence-electron chi connectivity index (χ1n) is 6.74. The number of nitrogens with zero attached hydrogens (tertiary/aromatic N) is 3. The first-order valence-corrected chi connectivity index (χ1v) is 7.56. The van der Waals surface area contributed by atoms with Gasteiger partial charge in [0, 0.05) is 27.2 Å². The molecular formula is C14H20N4OS. The standard InChI is InChI=1S/C14H20N4OS/c1-9-5-4-6-18(8-9)14-10(7-15)11(16)12(20-14)13(19)17(2)3/h9H,4-6,8,16H2,1-3H3. The van der Waals surface area contributed by atoms with Gasteiger partial charge in [-0.25, -0.2) is 0 Å². The molecule has 108 valence electrons. The van der Waals surface area contributed by atoms with E-state index in [0.717, 1.165) is 24.5 Å². The maximum absolute atomic E-state index is 12.1. The van der Waals surface area contributed by atoms with Crippen LogP contribution in [0.5, 0.6) is 0 Å². The minimum absolute atomic E-state index is 0.139. The van der Waals surface area contributed by atoms with Crippen molar-refractivity contribution in [2.75, 3.05) is 37.8 Å². The van der Waals surface area contributed by atoms with Gasteiger partial charge in [0.25, 0.3) is 5.91 Å². The average Bonchev–Trinajstić information content (AvgIpc) is 2.74. The van der Waals surface area contributed by atoms with Crippen LogP contribution < -0.4 is 10.6 Å². The zero-order valence-electron chi connectivity index (χ0n) is 12.1. The van der Waals surface area contributed by atoms with Gasteiger partial charge < -0.3 is 15.5 Å². The van der Waals surface area contributed by atoms with E-state index < -0.39 is 0 Å². The van der Waals surface area contributed by atoms with Crippen molar-refractivity contribution in [2.24, 2.45) is 5.92 Å². The molecular weight excluding hydrogens is 272 g/mol. The number of carbonyl (C=O) groups excluding carboxylic acids is 1. The summed E-state index contributed by atoms with van der Waals surface area (Å²) in [6.45, 7) is 4.06. The molecule has 5 nitrogen and oxygen atoms in total. The molecule has 2 heterocycles. The molecule has 0 radical (unpaired) electrons. The molecule has 0 saturated carbocycles. The third kappa shape index (κ3) is 2.59. The first-order chi connectivity index (χ1) is 9.45. The molecule has 1 aliphatic rings. The Morgan fingerprint density at radius 1 is 1.55 bits per heavy atom. The molecule has 1 fully saturated rings. The van der Waals surface area contributed by atoms with Crippen molar-refractivity contribution in [1.82, 2.24) is 4.90 Å². The van der Waals surface area contributed by atoms with Crippen molar-refractivity contribution in [3.05, 3.63) is 10.4 Å². The van der Waals surface area contributed by atoms with Gasteiger partial charge in [0.2, 0.25) is 0 Å². The molecule has 0 aromatic carbocycles. The highest BCUT2D eigenvalue weighted by molar-refractivity contribution is 7.19. The number of nitrogen functional groups attached to an aromatic ring is 1. The van der Waals surface area contributed by atoms with Crippen LogP contribution >= 0.6 is 11.3 Å². The minimum Gasteiger partial charge on any atom is -0.396 e. The highest BCUT2D eigenvalue weighted by atomic mass is 32.1. The van der Waals surface area contributed by atoms with E-state index in [9.17, 15) is 10.1 Å². The number of thiophene rings is 1. The summed E-state index contributed by atoms with van der Waals surface area (Å²) in [6.07, 6.45) is 2.32. The lowest BCUT2D eigenvalue weighted by atomic mass is 10.0. The highest BCUT2D eigenvalue weighted by Crippen LogP contribution is 2.39. The first kappa shape index (κ1) is 14.7. The third-order valence-corrected chi connectivity index (χ3v) is 4.84. The summed E-state index contributed by atoms with van der Waals surface area (Å²) in [5, 5.41) is 10.2. The van der Waals surface area contributed by atoms with Crippen molar-refractivity contribution >= 4 is 27.9 Å². The topological polar surface area (TPSA) is 73.4 Å². The van der Waals surface area contributed by atoms with Crippen LogP contribution in [-0.4, -0.2) is 38.0 Å². The number of nitriles is 1. The summed E-state index contributed by atoms with van der Waals surface area (Å²) >= 11 is 1.34. The van der Waals surface area contributed by atoms with Gasteiger partial charge in [0.1, 0.15) is 21.5 Å². The molecule has 1 aromatic heterocycles. The fourth-order valence-corrected chi connectivity index (χ4v) is 3.73. The number of anilines is 2. The van der Waals surface area contributed by atoms with Gasteiger partial charge in [-0.15, -0.1) is 11.3 Å². The van der Waals surface area contributed by atoms with E-state index in [1.54, 1.807) is 14.1 Å². The molecule has 0 bridgehead atoms. The van der Waals surface area contributed by atoms with Crippen LogP contribution in [-0.2, 0) is 0 Å². The molecule has 1 atom stereocenters. The van der Waals surface area contributed by atoms with Crippen LogP contribution in [0.25, 0.3) is 0 Å². The summed E-state index contributed by atoms with van der Waals surface area (Å²) in [5.74, 6) is 0.465. The Bertz CT molecular complexity index is 558. The van der Waals surface area contributed by atoms with Crippen molar-refractivity contribution in [3.63, 3.8) is 0 Å². The molecule has 2 N–H and O–H groups in total. The number of hydrogen-bond acceptors (Lipinski definition) is 5. The Morgan fingerprint density at radius 3 is 2.80 bits per heavy atom. The number of piperidine rings is 1. The predicted octanol–water partition coefficient (Wildman–Crippen LogP) is 2.14. The van der Waals surface area contributed by atoms with Crippen LogP contribution in [0.1, 0.15) is 35.0 Å². The molecule has 1 unspecified atom stereocenters. The Kier molecular flexibility index (Phi) is 4.19. The van der Waals surface area contributed by atoms with Gasteiger partial charge in [0.05, 0.1) is 5.69 Å². The smallest absolute Gasteiger partial charge is 0.265 e. The zero-order chi connectivity index (χ0) is 14.9. The maximum atomic E-state index is 12.1. The molecule has 6 heteroatoms. The highest BCUT2D eigenvalue weighted by Gasteiger charge is 2.27. The van der Waals surface area contributed by atoms with E-state index in [0.29, 0.717) is 22.0 Å². The monoisotopic (exact) mass is 292 g/mol. The van der Waals surface area contributed by atoms with Gasteiger partial charge in [-0.2, -0.15) is 5.26 Å². The molecule has 0 spiro atoms. The molecule has 1 saturated heterocycles. The molecule has 1 aliphatic heterocycles. The molecule has 1 aromatic rings. The van der Waals surface area contributed by atoms with Crippen molar-refractivity contribution < 1.29 is 4.79 Å². The normalized spacial score (nSPS) is 18.7. The molecule has 0 aliphatic carbocycles. The van der Waals surface area contributed by atoms with E-state index in [4.69, 9.17) is 5.73 Å². The number of rotatable bonds is 2. The van der Waals surface area contributed by atoms with E-state index >= 15 is 0 Å². The lowest BCUT2D eigenvalue weighted by Crippen LogP contribution is -2.34. The van der Waals surface area contributed by atoms with Crippen LogP contribution in [0.2, 0.25) is 0 Å². The molecule has 2 rings (SSSR count). The summed E-state index contributed by atoms with van der Waals surface area (Å²) in [5.41, 5.74) is 6.79. The van der Waals surface area contributed by atoms with E-state index in [1.165, 1.54) is 22.7 Å². The van der Waals surface area contributed by atoms with Gasteiger partial charge in [-0.05, 0) is 18.8 Å². The van der Waals surface area contributed by atoms with Crippen molar-refractivity contribution in [1.29, 1.82) is 5.26 Å². The maximum Gasteiger partial charge on any atom is 0.265 e. The Balaban J connectivity index is 2.41. The summed E-state index contributed by atoms with van der Waals surface area (Å²) in [6, 6.07) is 2.16. The predicted molar refractivity (Wildman–Crippen MR) is 82.1 cm³/mol. The van der Waals surface area contributed by atoms with Gasteiger partial charge in [-0.3, -0.25) is 4.79 Å². The summed E-state index contributed by atoms with van der Waals surface area (Å²) in [4.78, 5) is 16.3. The molecule has 20 heavy (non-hydrogen) atoms. The lowest BCUT2D eigenvalue weighted by Gasteiger charge is -2.31. The summed E-state index contributed by atoms with van der Waals surface area (Å²) < 4.78 is 0. The largest absolute Gasteiger partial charge is 0.396 e. The zero-order valence-corrected chi connectivity index (χ0v) is 13.0. The van der Waals surface area contributed by atoms with Crippen molar-refractivity contribution in [3.8, 4) is 6.07 Å². The quantitative estimate of drug-likeness (QED) is 0.906. The van der Waals surface area contributed by atoms with Gasteiger partial charge >= 0.3 is 0 Å². The minimum atomic E-state index is -0.139.